The van der Waals surface area contributed by atoms with Crippen molar-refractivity contribution in [3.8, 4) is 11.8 Å². The number of hydrogen-bond donors (Lipinski definition) is 2. The van der Waals surface area contributed by atoms with Crippen LogP contribution in [0.25, 0.3) is 11.0 Å². The maximum atomic E-state index is 12.7. The molecule has 1 amide bonds. The van der Waals surface area contributed by atoms with Gasteiger partial charge in [0.25, 0.3) is 0 Å². The predicted octanol–water partition coefficient (Wildman–Crippen LogP) is 3.89. The molecule has 1 saturated carbocycles. The first-order chi connectivity index (χ1) is 14.5. The molecular formula is C23H24N4O3. The Hall–Kier alpha value is -3.53. The number of ether oxygens (including phenoxy) is 1. The number of fused-ring (bicyclic) bond motifs is 1. The fraction of sp³-hybridized carbons (Fsp3) is 0.348. The van der Waals surface area contributed by atoms with Gasteiger partial charge in [-0.1, -0.05) is 6.07 Å². The molecule has 0 unspecified atom stereocenters. The number of carbonyl (C=O) groups excluding carboxylic acids is 1. The summed E-state index contributed by atoms with van der Waals surface area (Å²) in [6, 6.07) is 13.0. The largest absolute Gasteiger partial charge is 0.496 e. The van der Waals surface area contributed by atoms with Crippen LogP contribution >= 0.6 is 0 Å². The molecule has 0 radical (unpaired) electrons. The predicted molar refractivity (Wildman–Crippen MR) is 115 cm³/mol. The number of nitrogens with zero attached hydrogens (tertiary/aromatic N) is 2. The van der Waals surface area contributed by atoms with Gasteiger partial charge in [0.1, 0.15) is 5.75 Å². The quantitative estimate of drug-likeness (QED) is 0.689. The number of anilines is 1. The first kappa shape index (κ1) is 19.8. The zero-order chi connectivity index (χ0) is 21.3. The Bertz CT molecular complexity index is 1190. The van der Waals surface area contributed by atoms with Crippen LogP contribution in [0.1, 0.15) is 42.9 Å². The molecule has 1 aromatic heterocycles. The topological polar surface area (TPSA) is 99.9 Å². The van der Waals surface area contributed by atoms with Gasteiger partial charge in [0, 0.05) is 23.7 Å². The van der Waals surface area contributed by atoms with Crippen LogP contribution < -0.4 is 15.7 Å². The summed E-state index contributed by atoms with van der Waals surface area (Å²) >= 11 is 0. The molecule has 3 aromatic rings. The van der Waals surface area contributed by atoms with Gasteiger partial charge in [0.2, 0.25) is 5.91 Å². The highest BCUT2D eigenvalue weighted by Gasteiger charge is 2.29. The number of hydrogen-bond acceptors (Lipinski definition) is 4. The van der Waals surface area contributed by atoms with E-state index in [1.54, 1.807) is 23.8 Å². The molecule has 0 spiro atoms. The second-order valence-electron chi connectivity index (χ2n) is 7.82. The average molecular weight is 404 g/mol. The van der Waals surface area contributed by atoms with E-state index in [1.165, 1.54) is 0 Å². The molecule has 1 heterocycles. The maximum Gasteiger partial charge on any atom is 0.326 e. The number of nitrogens with one attached hydrogen (secondary N) is 2. The van der Waals surface area contributed by atoms with Gasteiger partial charge in [-0.25, -0.2) is 4.79 Å². The lowest BCUT2D eigenvalue weighted by molar-refractivity contribution is -0.121. The highest BCUT2D eigenvalue weighted by atomic mass is 16.5. The Labute approximate surface area is 174 Å². The van der Waals surface area contributed by atoms with Crippen molar-refractivity contribution in [3.05, 3.63) is 58.0 Å². The summed E-state index contributed by atoms with van der Waals surface area (Å²) in [6.07, 6.45) is 2.94. The normalized spacial score (nSPS) is 18.7. The molecule has 0 saturated heterocycles. The zero-order valence-corrected chi connectivity index (χ0v) is 17.1. The van der Waals surface area contributed by atoms with Crippen molar-refractivity contribution in [3.63, 3.8) is 0 Å². The molecule has 7 nitrogen and oxygen atoms in total. The zero-order valence-electron chi connectivity index (χ0n) is 17.1. The molecule has 154 valence electrons. The number of aromatic nitrogens is 2. The van der Waals surface area contributed by atoms with Gasteiger partial charge in [0.15, 0.2) is 0 Å². The summed E-state index contributed by atoms with van der Waals surface area (Å²) in [5.41, 5.74) is 3.57. The standard InChI is InChI=1S/C23H24N4O3/c1-14-3-7-17(12-21(14)30-2)25-22(28)16-5-8-18(9-6-16)27-20-10-4-15(13-24)11-19(20)26-23(27)29/h3-4,7,10-12,16,18H,5-6,8-9H2,1-2H3,(H,25,28)(H,26,29). The van der Waals surface area contributed by atoms with E-state index in [9.17, 15) is 9.59 Å². The molecule has 7 heteroatoms. The van der Waals surface area contributed by atoms with Gasteiger partial charge >= 0.3 is 5.69 Å². The molecule has 2 N–H and O–H groups in total. The van der Waals surface area contributed by atoms with Crippen LogP contribution in [0.15, 0.2) is 41.2 Å². The molecule has 4 rings (SSSR count). The number of carbonyl (C=O) groups is 1. The van der Waals surface area contributed by atoms with Crippen molar-refractivity contribution >= 4 is 22.6 Å². The molecule has 0 atom stereocenters. The molecule has 1 fully saturated rings. The third kappa shape index (κ3) is 3.69. The number of imidazole rings is 1. The van der Waals surface area contributed by atoms with Crippen LogP contribution in [0, 0.1) is 24.2 Å². The van der Waals surface area contributed by atoms with Gasteiger partial charge in [-0.15, -0.1) is 0 Å². The summed E-state index contributed by atoms with van der Waals surface area (Å²) < 4.78 is 7.10. The van der Waals surface area contributed by atoms with Crippen LogP contribution in [0.3, 0.4) is 0 Å². The Balaban J connectivity index is 1.45. The molecule has 1 aliphatic rings. The third-order valence-corrected chi connectivity index (χ3v) is 5.95. The van der Waals surface area contributed by atoms with E-state index in [-0.39, 0.29) is 23.6 Å². The summed E-state index contributed by atoms with van der Waals surface area (Å²) in [4.78, 5) is 28.1. The second-order valence-corrected chi connectivity index (χ2v) is 7.82. The first-order valence-corrected chi connectivity index (χ1v) is 10.1. The summed E-state index contributed by atoms with van der Waals surface area (Å²) in [6.45, 7) is 1.96. The van der Waals surface area contributed by atoms with Crippen molar-refractivity contribution < 1.29 is 9.53 Å². The van der Waals surface area contributed by atoms with E-state index in [1.807, 2.05) is 31.2 Å². The molecular weight excluding hydrogens is 380 g/mol. The number of amides is 1. The Morgan fingerprint density at radius 2 is 1.97 bits per heavy atom. The second kappa shape index (κ2) is 8.07. The minimum absolute atomic E-state index is 0.00397. The van der Waals surface area contributed by atoms with E-state index in [0.717, 1.165) is 48.2 Å². The van der Waals surface area contributed by atoms with E-state index in [4.69, 9.17) is 10.00 Å². The van der Waals surface area contributed by atoms with Crippen LogP contribution in [-0.2, 0) is 4.79 Å². The lowest BCUT2D eigenvalue weighted by atomic mass is 9.85. The van der Waals surface area contributed by atoms with Crippen LogP contribution in [0.2, 0.25) is 0 Å². The molecule has 0 aliphatic heterocycles. The Kier molecular flexibility index (Phi) is 5.32. The van der Waals surface area contributed by atoms with Crippen LogP contribution in [0.5, 0.6) is 5.75 Å². The van der Waals surface area contributed by atoms with E-state index < -0.39 is 0 Å². The molecule has 30 heavy (non-hydrogen) atoms. The maximum absolute atomic E-state index is 12.7. The summed E-state index contributed by atoms with van der Waals surface area (Å²) in [5, 5.41) is 12.1. The van der Waals surface area contributed by atoms with Crippen molar-refractivity contribution in [1.29, 1.82) is 5.26 Å². The monoisotopic (exact) mass is 404 g/mol. The van der Waals surface area contributed by atoms with Crippen molar-refractivity contribution in [2.24, 2.45) is 5.92 Å². The van der Waals surface area contributed by atoms with Gasteiger partial charge in [-0.2, -0.15) is 5.26 Å². The number of H-pyrrole nitrogens is 1. The van der Waals surface area contributed by atoms with Crippen molar-refractivity contribution in [2.75, 3.05) is 12.4 Å². The highest BCUT2D eigenvalue weighted by Crippen LogP contribution is 2.34. The Morgan fingerprint density at radius 1 is 1.20 bits per heavy atom. The average Bonchev–Trinajstić information content (AvgIpc) is 3.09. The highest BCUT2D eigenvalue weighted by molar-refractivity contribution is 5.92. The Morgan fingerprint density at radius 3 is 2.67 bits per heavy atom. The minimum Gasteiger partial charge on any atom is -0.496 e. The molecule has 2 aromatic carbocycles. The minimum atomic E-state index is -0.167. The van der Waals surface area contributed by atoms with Gasteiger partial charge in [-0.3, -0.25) is 9.36 Å². The first-order valence-electron chi connectivity index (χ1n) is 10.1. The van der Waals surface area contributed by atoms with Gasteiger partial charge < -0.3 is 15.0 Å². The number of aryl methyl sites for hydroxylation is 1. The van der Waals surface area contributed by atoms with Crippen molar-refractivity contribution in [1.82, 2.24) is 9.55 Å². The lowest BCUT2D eigenvalue weighted by Gasteiger charge is -2.28. The van der Waals surface area contributed by atoms with E-state index in [0.29, 0.717) is 11.1 Å². The fourth-order valence-electron chi connectivity index (χ4n) is 4.30. The fourth-order valence-corrected chi connectivity index (χ4v) is 4.30. The molecule has 1 aliphatic carbocycles. The smallest absolute Gasteiger partial charge is 0.326 e. The number of aromatic amines is 1. The van der Waals surface area contributed by atoms with Crippen LogP contribution in [0.4, 0.5) is 5.69 Å². The molecule has 0 bridgehead atoms. The van der Waals surface area contributed by atoms with E-state index >= 15 is 0 Å². The van der Waals surface area contributed by atoms with Gasteiger partial charge in [0.05, 0.1) is 29.8 Å². The summed E-state index contributed by atoms with van der Waals surface area (Å²) in [5.74, 6) is 0.665. The number of benzene rings is 2. The van der Waals surface area contributed by atoms with Crippen LogP contribution in [-0.4, -0.2) is 22.6 Å². The SMILES string of the molecule is COc1cc(NC(=O)C2CCC(n3c(=O)[nH]c4cc(C#N)ccc43)CC2)ccc1C. The lowest BCUT2D eigenvalue weighted by Crippen LogP contribution is -2.31. The van der Waals surface area contributed by atoms with E-state index in [2.05, 4.69) is 16.4 Å². The van der Waals surface area contributed by atoms with Gasteiger partial charge in [-0.05, 0) is 62.4 Å². The van der Waals surface area contributed by atoms with Crippen molar-refractivity contribution in [2.45, 2.75) is 38.6 Å². The third-order valence-electron chi connectivity index (χ3n) is 5.95. The number of nitriles is 1. The number of methoxy groups -OCH3 is 1. The number of rotatable bonds is 4. The summed E-state index contributed by atoms with van der Waals surface area (Å²) in [7, 11) is 1.61.